The van der Waals surface area contributed by atoms with Gasteiger partial charge in [-0.1, -0.05) is 11.6 Å². The average molecular weight is 244 g/mol. The Kier molecular flexibility index (Phi) is 2.88. The fourth-order valence-corrected chi connectivity index (χ4v) is 1.99. The molecule has 0 saturated carbocycles. The predicted molar refractivity (Wildman–Crippen MR) is 62.3 cm³/mol. The molecule has 0 aliphatic carbocycles. The second-order valence-corrected chi connectivity index (χ2v) is 4.59. The van der Waals surface area contributed by atoms with E-state index in [1.54, 1.807) is 6.92 Å². The quantitative estimate of drug-likeness (QED) is 0.514. The van der Waals surface area contributed by atoms with Crippen LogP contribution in [-0.4, -0.2) is 33.8 Å². The molecule has 6 nitrogen and oxygen atoms in total. The maximum atomic E-state index is 9.88. The number of nitrogens with one attached hydrogen (secondary N) is 1. The lowest BCUT2D eigenvalue weighted by Gasteiger charge is -2.20. The number of nitrogen functional groups attached to an aromatic ring is 1. The van der Waals surface area contributed by atoms with Crippen molar-refractivity contribution in [3.8, 4) is 0 Å². The molecule has 0 radical (unpaired) electrons. The summed E-state index contributed by atoms with van der Waals surface area (Å²) in [6.45, 7) is 3.02. The molecule has 2 rings (SSSR count). The number of halogens is 1. The molecule has 1 unspecified atom stereocenters. The van der Waals surface area contributed by atoms with Crippen LogP contribution in [0.5, 0.6) is 0 Å². The Morgan fingerprint density at radius 1 is 1.69 bits per heavy atom. The van der Waals surface area contributed by atoms with E-state index in [1.165, 1.54) is 6.20 Å². The Morgan fingerprint density at radius 2 is 2.44 bits per heavy atom. The van der Waals surface area contributed by atoms with Crippen LogP contribution in [0.1, 0.15) is 13.3 Å². The number of rotatable bonds is 2. The summed E-state index contributed by atoms with van der Waals surface area (Å²) in [4.78, 5) is 9.99. The van der Waals surface area contributed by atoms with Gasteiger partial charge in [0.05, 0.1) is 11.8 Å². The van der Waals surface area contributed by atoms with Gasteiger partial charge >= 0.3 is 0 Å². The highest BCUT2D eigenvalue weighted by atomic mass is 35.5. The van der Waals surface area contributed by atoms with Crippen LogP contribution in [0.3, 0.4) is 0 Å². The maximum absolute atomic E-state index is 9.88. The summed E-state index contributed by atoms with van der Waals surface area (Å²) in [5.74, 6) is 6.15. The van der Waals surface area contributed by atoms with Crippen molar-refractivity contribution in [1.82, 2.24) is 9.97 Å². The molecule has 0 bridgehead atoms. The molecule has 2 heterocycles. The third-order valence-corrected chi connectivity index (χ3v) is 2.87. The first kappa shape index (κ1) is 11.4. The maximum Gasteiger partial charge on any atom is 0.239 e. The van der Waals surface area contributed by atoms with Crippen LogP contribution in [0.25, 0.3) is 0 Å². The molecule has 0 spiro atoms. The summed E-state index contributed by atoms with van der Waals surface area (Å²) in [5.41, 5.74) is 1.68. The van der Waals surface area contributed by atoms with Crippen LogP contribution in [0.15, 0.2) is 6.20 Å². The van der Waals surface area contributed by atoms with E-state index in [4.69, 9.17) is 17.4 Å². The molecule has 1 aliphatic heterocycles. The van der Waals surface area contributed by atoms with Gasteiger partial charge in [-0.3, -0.25) is 5.43 Å². The van der Waals surface area contributed by atoms with E-state index in [0.29, 0.717) is 36.3 Å². The lowest BCUT2D eigenvalue weighted by molar-refractivity contribution is 0.0839. The zero-order valence-electron chi connectivity index (χ0n) is 8.94. The number of hydrazine groups is 1. The third kappa shape index (κ3) is 2.18. The third-order valence-electron chi connectivity index (χ3n) is 2.61. The number of anilines is 2. The van der Waals surface area contributed by atoms with Gasteiger partial charge in [0.25, 0.3) is 0 Å². The first-order valence-corrected chi connectivity index (χ1v) is 5.36. The van der Waals surface area contributed by atoms with E-state index in [2.05, 4.69) is 15.4 Å². The highest BCUT2D eigenvalue weighted by molar-refractivity contribution is 6.32. The van der Waals surface area contributed by atoms with Gasteiger partial charge < -0.3 is 10.0 Å². The summed E-state index contributed by atoms with van der Waals surface area (Å²) in [6.07, 6.45) is 2.19. The Hall–Kier alpha value is -1.11. The number of hydrogen-bond acceptors (Lipinski definition) is 6. The van der Waals surface area contributed by atoms with E-state index in [-0.39, 0.29) is 0 Å². The Morgan fingerprint density at radius 3 is 3.00 bits per heavy atom. The molecule has 1 atom stereocenters. The average Bonchev–Trinajstić information content (AvgIpc) is 2.59. The van der Waals surface area contributed by atoms with Gasteiger partial charge in [-0.2, -0.15) is 4.98 Å². The van der Waals surface area contributed by atoms with E-state index >= 15 is 0 Å². The topological polar surface area (TPSA) is 87.3 Å². The fourth-order valence-electron chi connectivity index (χ4n) is 1.78. The highest BCUT2D eigenvalue weighted by Gasteiger charge is 2.33. The summed E-state index contributed by atoms with van der Waals surface area (Å²) in [5, 5.41) is 10.3. The molecule has 1 aromatic rings. The zero-order chi connectivity index (χ0) is 11.8. The van der Waals surface area contributed by atoms with Crippen molar-refractivity contribution in [2.45, 2.75) is 18.9 Å². The van der Waals surface area contributed by atoms with Gasteiger partial charge in [-0.25, -0.2) is 10.8 Å². The first-order chi connectivity index (χ1) is 7.52. The van der Waals surface area contributed by atoms with Crippen LogP contribution in [0.2, 0.25) is 5.02 Å². The number of nitrogens with two attached hydrogens (primary N) is 1. The standard InChI is InChI=1S/C9H14ClN5O/c1-9(16)2-3-15(5-9)7-6(10)4-12-8(13-7)14-11/h4,16H,2-3,5,11H2,1H3,(H,12,13,14). The summed E-state index contributed by atoms with van der Waals surface area (Å²) in [6, 6.07) is 0. The molecule has 16 heavy (non-hydrogen) atoms. The molecule has 0 aromatic carbocycles. The van der Waals surface area contributed by atoms with Crippen molar-refractivity contribution in [1.29, 1.82) is 0 Å². The molecule has 88 valence electrons. The number of aliphatic hydroxyl groups is 1. The minimum absolute atomic E-state index is 0.311. The van der Waals surface area contributed by atoms with E-state index in [9.17, 15) is 5.11 Å². The molecule has 1 saturated heterocycles. The molecular weight excluding hydrogens is 230 g/mol. The lowest BCUT2D eigenvalue weighted by Crippen LogP contribution is -2.30. The Labute approximate surface area is 98.4 Å². The van der Waals surface area contributed by atoms with Crippen LogP contribution in [0.4, 0.5) is 11.8 Å². The van der Waals surface area contributed by atoms with Gasteiger partial charge in [0.15, 0.2) is 5.82 Å². The zero-order valence-corrected chi connectivity index (χ0v) is 9.70. The van der Waals surface area contributed by atoms with Gasteiger partial charge in [0, 0.05) is 13.1 Å². The van der Waals surface area contributed by atoms with Crippen molar-refractivity contribution in [3.05, 3.63) is 11.2 Å². The SMILES string of the molecule is CC1(O)CCN(c2nc(NN)ncc2Cl)C1. The first-order valence-electron chi connectivity index (χ1n) is 4.98. The fraction of sp³-hybridized carbons (Fsp3) is 0.556. The minimum Gasteiger partial charge on any atom is -0.388 e. The van der Waals surface area contributed by atoms with Crippen molar-refractivity contribution in [3.63, 3.8) is 0 Å². The van der Waals surface area contributed by atoms with E-state index in [0.717, 1.165) is 0 Å². The Balaban J connectivity index is 2.27. The monoisotopic (exact) mass is 243 g/mol. The van der Waals surface area contributed by atoms with Crippen LogP contribution < -0.4 is 16.2 Å². The van der Waals surface area contributed by atoms with Gasteiger partial charge in [-0.05, 0) is 13.3 Å². The molecule has 0 amide bonds. The minimum atomic E-state index is -0.690. The molecule has 1 aliphatic rings. The van der Waals surface area contributed by atoms with Crippen LogP contribution >= 0.6 is 11.6 Å². The summed E-state index contributed by atoms with van der Waals surface area (Å²) < 4.78 is 0. The van der Waals surface area contributed by atoms with Crippen molar-refractivity contribution in [2.24, 2.45) is 5.84 Å². The summed E-state index contributed by atoms with van der Waals surface area (Å²) in [7, 11) is 0. The number of β-amino-alcohol motifs (C(OH)–C–C–N with tert-alkyl or cyclic N) is 1. The molecule has 1 aromatic heterocycles. The normalized spacial score (nSPS) is 24.9. The Bertz CT molecular complexity index is 397. The van der Waals surface area contributed by atoms with Crippen molar-refractivity contribution < 1.29 is 5.11 Å². The number of aromatic nitrogens is 2. The molecular formula is C9H14ClN5O. The van der Waals surface area contributed by atoms with Gasteiger partial charge in [0.1, 0.15) is 5.02 Å². The molecule has 4 N–H and O–H groups in total. The van der Waals surface area contributed by atoms with Crippen LogP contribution in [0, 0.1) is 0 Å². The van der Waals surface area contributed by atoms with Gasteiger partial charge in [0.2, 0.25) is 5.95 Å². The van der Waals surface area contributed by atoms with Crippen molar-refractivity contribution >= 4 is 23.4 Å². The lowest BCUT2D eigenvalue weighted by atomic mass is 10.1. The van der Waals surface area contributed by atoms with Crippen LogP contribution in [-0.2, 0) is 0 Å². The smallest absolute Gasteiger partial charge is 0.239 e. The number of hydrogen-bond donors (Lipinski definition) is 3. The molecule has 1 fully saturated rings. The highest BCUT2D eigenvalue weighted by Crippen LogP contribution is 2.30. The van der Waals surface area contributed by atoms with Crippen molar-refractivity contribution in [2.75, 3.05) is 23.4 Å². The largest absolute Gasteiger partial charge is 0.388 e. The van der Waals surface area contributed by atoms with E-state index < -0.39 is 5.60 Å². The van der Waals surface area contributed by atoms with E-state index in [1.807, 2.05) is 4.90 Å². The second kappa shape index (κ2) is 4.04. The van der Waals surface area contributed by atoms with Gasteiger partial charge in [-0.15, -0.1) is 0 Å². The number of nitrogens with zero attached hydrogens (tertiary/aromatic N) is 3. The predicted octanol–water partition coefficient (Wildman–Crippen LogP) is 0.377. The second-order valence-electron chi connectivity index (χ2n) is 4.18. The molecule has 7 heteroatoms. The summed E-state index contributed by atoms with van der Waals surface area (Å²) >= 11 is 6.01.